The third kappa shape index (κ3) is 4.73. The molecule has 6 nitrogen and oxygen atoms in total. The van der Waals surface area contributed by atoms with Crippen molar-refractivity contribution in [2.75, 3.05) is 14.2 Å². The number of hydrogen-bond acceptors (Lipinski definition) is 4. The van der Waals surface area contributed by atoms with Crippen LogP contribution in [0.15, 0.2) is 16.6 Å². The highest BCUT2D eigenvalue weighted by molar-refractivity contribution is 9.10. The summed E-state index contributed by atoms with van der Waals surface area (Å²) in [7, 11) is 3.06. The number of benzene rings is 1. The topological polar surface area (TPSA) is 84.9 Å². The predicted octanol–water partition coefficient (Wildman–Crippen LogP) is 1.95. The van der Waals surface area contributed by atoms with Crippen molar-refractivity contribution in [2.45, 2.75) is 19.4 Å². The summed E-state index contributed by atoms with van der Waals surface area (Å²) in [5.74, 6) is -0.169. The summed E-state index contributed by atoms with van der Waals surface area (Å²) in [6.07, 6.45) is -0.217. The van der Waals surface area contributed by atoms with Crippen LogP contribution in [0.4, 0.5) is 0 Å². The number of aliphatic carboxylic acids is 1. The molecule has 0 aliphatic heterocycles. The number of carboxylic acids is 1. The van der Waals surface area contributed by atoms with Gasteiger partial charge in [-0.05, 0) is 33.6 Å². The van der Waals surface area contributed by atoms with Gasteiger partial charge in [-0.2, -0.15) is 0 Å². The number of methoxy groups -OCH3 is 2. The zero-order chi connectivity index (χ0) is 15.1. The Balaban J connectivity index is 2.67. The van der Waals surface area contributed by atoms with Gasteiger partial charge in [-0.15, -0.1) is 0 Å². The van der Waals surface area contributed by atoms with E-state index in [1.54, 1.807) is 12.1 Å². The van der Waals surface area contributed by atoms with E-state index >= 15 is 0 Å². The number of hydrogen-bond donors (Lipinski definition) is 2. The molecule has 0 saturated heterocycles. The van der Waals surface area contributed by atoms with Crippen LogP contribution in [0.2, 0.25) is 0 Å². The van der Waals surface area contributed by atoms with Gasteiger partial charge in [0.1, 0.15) is 0 Å². The molecule has 0 unspecified atom stereocenters. The van der Waals surface area contributed by atoms with Crippen LogP contribution in [-0.4, -0.2) is 31.2 Å². The van der Waals surface area contributed by atoms with Crippen molar-refractivity contribution >= 4 is 27.8 Å². The molecule has 2 N–H and O–H groups in total. The lowest BCUT2D eigenvalue weighted by atomic mass is 10.2. The van der Waals surface area contributed by atoms with Gasteiger partial charge < -0.3 is 19.9 Å². The molecule has 0 saturated carbocycles. The Kier molecular flexibility index (Phi) is 6.30. The minimum absolute atomic E-state index is 0.0379. The van der Waals surface area contributed by atoms with Crippen molar-refractivity contribution in [1.82, 2.24) is 5.32 Å². The first-order chi connectivity index (χ1) is 9.47. The molecule has 0 spiro atoms. The molecule has 0 fully saturated rings. The van der Waals surface area contributed by atoms with Gasteiger partial charge >= 0.3 is 5.97 Å². The monoisotopic (exact) mass is 345 g/mol. The molecule has 0 atom stereocenters. The maximum Gasteiger partial charge on any atom is 0.303 e. The first kappa shape index (κ1) is 16.3. The van der Waals surface area contributed by atoms with E-state index in [9.17, 15) is 9.59 Å². The molecule has 0 radical (unpaired) electrons. The van der Waals surface area contributed by atoms with E-state index in [2.05, 4.69) is 21.2 Å². The molecule has 110 valence electrons. The molecular weight excluding hydrogens is 330 g/mol. The van der Waals surface area contributed by atoms with E-state index < -0.39 is 5.97 Å². The summed E-state index contributed by atoms with van der Waals surface area (Å²) >= 11 is 3.36. The highest BCUT2D eigenvalue weighted by atomic mass is 79.9. The average Bonchev–Trinajstić information content (AvgIpc) is 2.42. The maximum atomic E-state index is 11.4. The molecule has 1 aromatic rings. The molecule has 1 aromatic carbocycles. The normalized spacial score (nSPS) is 9.95. The van der Waals surface area contributed by atoms with E-state index in [4.69, 9.17) is 14.6 Å². The Bertz CT molecular complexity index is 504. The van der Waals surface area contributed by atoms with Crippen LogP contribution in [0.25, 0.3) is 0 Å². The van der Waals surface area contributed by atoms with Crippen LogP contribution in [-0.2, 0) is 16.1 Å². The largest absolute Gasteiger partial charge is 0.493 e. The Morgan fingerprint density at radius 1 is 1.25 bits per heavy atom. The second-order valence-corrected chi connectivity index (χ2v) is 4.84. The van der Waals surface area contributed by atoms with Crippen LogP contribution in [0, 0.1) is 0 Å². The number of carbonyl (C=O) groups excluding carboxylic acids is 1. The van der Waals surface area contributed by atoms with Crippen molar-refractivity contribution in [2.24, 2.45) is 0 Å². The van der Waals surface area contributed by atoms with Gasteiger partial charge in [-0.25, -0.2) is 0 Å². The summed E-state index contributed by atoms with van der Waals surface area (Å²) in [6.45, 7) is 0.289. The number of carbonyl (C=O) groups is 2. The second-order valence-electron chi connectivity index (χ2n) is 3.98. The second kappa shape index (κ2) is 7.74. The number of halogens is 1. The number of carboxylic acid groups (broad SMARTS) is 1. The molecule has 7 heteroatoms. The van der Waals surface area contributed by atoms with Crippen molar-refractivity contribution < 1.29 is 24.2 Å². The molecular formula is C13H16BrNO5. The molecule has 0 heterocycles. The number of nitrogens with one attached hydrogen (secondary N) is 1. The van der Waals surface area contributed by atoms with E-state index in [1.165, 1.54) is 14.2 Å². The SMILES string of the molecule is COc1cc(CNC(=O)CCC(=O)O)cc(Br)c1OC. The number of ether oxygens (including phenoxy) is 2. The van der Waals surface area contributed by atoms with Gasteiger partial charge in [0.2, 0.25) is 5.91 Å². The molecule has 0 bridgehead atoms. The lowest BCUT2D eigenvalue weighted by molar-refractivity contribution is -0.138. The number of rotatable bonds is 7. The van der Waals surface area contributed by atoms with Crippen LogP contribution in [0.3, 0.4) is 0 Å². The lowest BCUT2D eigenvalue weighted by Gasteiger charge is -2.12. The van der Waals surface area contributed by atoms with Crippen molar-refractivity contribution in [3.05, 3.63) is 22.2 Å². The third-order valence-electron chi connectivity index (χ3n) is 2.55. The van der Waals surface area contributed by atoms with Gasteiger partial charge in [0, 0.05) is 13.0 Å². The first-order valence-corrected chi connectivity index (χ1v) is 6.66. The Labute approximate surface area is 125 Å². The molecule has 1 rings (SSSR count). The summed E-state index contributed by atoms with van der Waals surface area (Å²) < 4.78 is 11.1. The number of amides is 1. The minimum Gasteiger partial charge on any atom is -0.493 e. The van der Waals surface area contributed by atoms with Crippen molar-refractivity contribution in [3.63, 3.8) is 0 Å². The summed E-state index contributed by atoms with van der Waals surface area (Å²) in [5.41, 5.74) is 0.818. The van der Waals surface area contributed by atoms with Gasteiger partial charge in [0.25, 0.3) is 0 Å². The Morgan fingerprint density at radius 2 is 1.95 bits per heavy atom. The van der Waals surface area contributed by atoms with Crippen LogP contribution in [0.5, 0.6) is 11.5 Å². The van der Waals surface area contributed by atoms with Gasteiger partial charge in [-0.3, -0.25) is 9.59 Å². The summed E-state index contributed by atoms with van der Waals surface area (Å²) in [4.78, 5) is 21.8. The standard InChI is InChI=1S/C13H16BrNO5/c1-19-10-6-8(5-9(14)13(10)20-2)7-15-11(16)3-4-12(17)18/h5-6H,3-4,7H2,1-2H3,(H,15,16)(H,17,18). The summed E-state index contributed by atoms with van der Waals surface area (Å²) in [6, 6.07) is 3.56. The van der Waals surface area contributed by atoms with Gasteiger partial charge in [-0.1, -0.05) is 0 Å². The van der Waals surface area contributed by atoms with Gasteiger partial charge in [0.05, 0.1) is 25.1 Å². The Morgan fingerprint density at radius 3 is 2.50 bits per heavy atom. The smallest absolute Gasteiger partial charge is 0.303 e. The van der Waals surface area contributed by atoms with E-state index in [-0.39, 0.29) is 25.3 Å². The highest BCUT2D eigenvalue weighted by Crippen LogP contribution is 2.36. The van der Waals surface area contributed by atoms with Crippen molar-refractivity contribution in [1.29, 1.82) is 0 Å². The quantitative estimate of drug-likeness (QED) is 0.788. The van der Waals surface area contributed by atoms with Crippen LogP contribution >= 0.6 is 15.9 Å². The predicted molar refractivity (Wildman–Crippen MR) is 76.0 cm³/mol. The maximum absolute atomic E-state index is 11.4. The zero-order valence-electron chi connectivity index (χ0n) is 11.2. The van der Waals surface area contributed by atoms with Crippen LogP contribution < -0.4 is 14.8 Å². The Hall–Kier alpha value is -1.76. The highest BCUT2D eigenvalue weighted by Gasteiger charge is 2.11. The molecule has 0 aliphatic carbocycles. The molecule has 1 amide bonds. The van der Waals surface area contributed by atoms with Gasteiger partial charge in [0.15, 0.2) is 11.5 Å². The fraction of sp³-hybridized carbons (Fsp3) is 0.385. The molecule has 20 heavy (non-hydrogen) atoms. The summed E-state index contributed by atoms with van der Waals surface area (Å²) in [5, 5.41) is 11.1. The first-order valence-electron chi connectivity index (χ1n) is 5.86. The lowest BCUT2D eigenvalue weighted by Crippen LogP contribution is -2.23. The van der Waals surface area contributed by atoms with E-state index in [0.29, 0.717) is 16.0 Å². The molecule has 0 aromatic heterocycles. The zero-order valence-corrected chi connectivity index (χ0v) is 12.8. The third-order valence-corrected chi connectivity index (χ3v) is 3.14. The fourth-order valence-electron chi connectivity index (χ4n) is 1.58. The van der Waals surface area contributed by atoms with Crippen LogP contribution in [0.1, 0.15) is 18.4 Å². The van der Waals surface area contributed by atoms with Crippen molar-refractivity contribution in [3.8, 4) is 11.5 Å². The van der Waals surface area contributed by atoms with E-state index in [1.807, 2.05) is 0 Å². The average molecular weight is 346 g/mol. The molecule has 0 aliphatic rings. The van der Waals surface area contributed by atoms with E-state index in [0.717, 1.165) is 5.56 Å². The fourth-order valence-corrected chi connectivity index (χ4v) is 2.23. The minimum atomic E-state index is -0.992.